The van der Waals surface area contributed by atoms with E-state index >= 15 is 0 Å². The molecule has 10 nitrogen and oxygen atoms in total. The number of piperazine rings is 1. The molecule has 10 heteroatoms. The number of anilines is 5. The molecule has 1 atom stereocenters. The summed E-state index contributed by atoms with van der Waals surface area (Å²) in [6.45, 7) is 7.75. The van der Waals surface area contributed by atoms with Crippen LogP contribution < -0.4 is 24.8 Å². The Bertz CT molecular complexity index is 1160. The number of carbonyl (C=O) groups excluding carboxylic acids is 1. The first kappa shape index (κ1) is 25.2. The summed E-state index contributed by atoms with van der Waals surface area (Å²) in [7, 11) is 5.74. The summed E-state index contributed by atoms with van der Waals surface area (Å²) in [6, 6.07) is 7.24. The third-order valence-corrected chi connectivity index (χ3v) is 8.86. The Kier molecular flexibility index (Phi) is 7.01. The number of nitrogens with one attached hydrogen (secondary N) is 1. The minimum atomic E-state index is 0.120. The van der Waals surface area contributed by atoms with Crippen molar-refractivity contribution in [1.29, 1.82) is 0 Å². The second kappa shape index (κ2) is 10.6. The van der Waals surface area contributed by atoms with E-state index < -0.39 is 0 Å². The zero-order chi connectivity index (χ0) is 26.2. The first-order chi connectivity index (χ1) is 18.5. The minimum absolute atomic E-state index is 0.120. The number of amides is 1. The molecule has 4 aliphatic rings. The average Bonchev–Trinajstić information content (AvgIpc) is 3.38. The largest absolute Gasteiger partial charge is 0.494 e. The van der Waals surface area contributed by atoms with E-state index in [2.05, 4.69) is 55.1 Å². The predicted octanol–water partition coefficient (Wildman–Crippen LogP) is 2.78. The van der Waals surface area contributed by atoms with Crippen molar-refractivity contribution >= 4 is 34.7 Å². The Morgan fingerprint density at radius 3 is 2.53 bits per heavy atom. The van der Waals surface area contributed by atoms with Crippen molar-refractivity contribution in [3.05, 3.63) is 24.4 Å². The van der Waals surface area contributed by atoms with Gasteiger partial charge in [0.05, 0.1) is 19.0 Å². The van der Waals surface area contributed by atoms with Crippen molar-refractivity contribution in [2.75, 3.05) is 87.0 Å². The highest BCUT2D eigenvalue weighted by atomic mass is 16.5. The van der Waals surface area contributed by atoms with Crippen molar-refractivity contribution in [3.8, 4) is 5.75 Å². The number of ether oxygens (including phenoxy) is 1. The van der Waals surface area contributed by atoms with Gasteiger partial charge in [0, 0.05) is 83.1 Å². The Morgan fingerprint density at radius 2 is 1.76 bits per heavy atom. The molecule has 3 fully saturated rings. The summed E-state index contributed by atoms with van der Waals surface area (Å²) in [5.41, 5.74) is 2.79. The Hall–Kier alpha value is -3.11. The molecule has 1 unspecified atom stereocenters. The molecule has 6 rings (SSSR count). The molecule has 0 aliphatic carbocycles. The molecule has 204 valence electrons. The third-order valence-electron chi connectivity index (χ3n) is 8.86. The minimum Gasteiger partial charge on any atom is -0.494 e. The second-order valence-corrected chi connectivity index (χ2v) is 11.1. The molecule has 0 radical (unpaired) electrons. The quantitative estimate of drug-likeness (QED) is 0.640. The first-order valence-corrected chi connectivity index (χ1v) is 14.0. The Labute approximate surface area is 225 Å². The lowest BCUT2D eigenvalue weighted by Gasteiger charge is -2.42. The van der Waals surface area contributed by atoms with Gasteiger partial charge >= 0.3 is 0 Å². The van der Waals surface area contributed by atoms with Gasteiger partial charge in [-0.2, -0.15) is 4.98 Å². The lowest BCUT2D eigenvalue weighted by molar-refractivity contribution is -0.118. The Balaban J connectivity index is 1.16. The van der Waals surface area contributed by atoms with E-state index in [0.717, 1.165) is 55.4 Å². The van der Waals surface area contributed by atoms with E-state index in [0.29, 0.717) is 18.4 Å². The van der Waals surface area contributed by atoms with Crippen LogP contribution in [0.4, 0.5) is 28.8 Å². The highest BCUT2D eigenvalue weighted by Gasteiger charge is 2.35. The first-order valence-electron chi connectivity index (χ1n) is 14.0. The molecule has 0 saturated carbocycles. The van der Waals surface area contributed by atoms with Crippen LogP contribution in [0.25, 0.3) is 0 Å². The molecule has 1 aromatic heterocycles. The lowest BCUT2D eigenvalue weighted by Crippen LogP contribution is -2.52. The van der Waals surface area contributed by atoms with Gasteiger partial charge in [-0.05, 0) is 44.9 Å². The van der Waals surface area contributed by atoms with Crippen molar-refractivity contribution in [2.45, 2.75) is 44.2 Å². The number of carbonyl (C=O) groups is 1. The zero-order valence-electron chi connectivity index (χ0n) is 22.9. The van der Waals surface area contributed by atoms with Crippen LogP contribution in [0.5, 0.6) is 5.75 Å². The van der Waals surface area contributed by atoms with E-state index in [4.69, 9.17) is 9.72 Å². The molecule has 5 heterocycles. The predicted molar refractivity (Wildman–Crippen MR) is 151 cm³/mol. The molecule has 3 saturated heterocycles. The SMILES string of the molecule is COc1cc(N2CCC(N3CCN(C)CC3)CC2)ccc1Nc1ncc2c(n1)N1CCCC1CC(=O)N2C. The van der Waals surface area contributed by atoms with E-state index in [1.165, 1.54) is 44.7 Å². The van der Waals surface area contributed by atoms with Crippen LogP contribution in [0, 0.1) is 0 Å². The maximum Gasteiger partial charge on any atom is 0.229 e. The molecule has 1 N–H and O–H groups in total. The summed E-state index contributed by atoms with van der Waals surface area (Å²) < 4.78 is 5.79. The molecular formula is C28H40N8O2. The van der Waals surface area contributed by atoms with Gasteiger partial charge in [-0.15, -0.1) is 0 Å². The molecule has 0 spiro atoms. The summed E-state index contributed by atoms with van der Waals surface area (Å²) in [5, 5.41) is 3.38. The topological polar surface area (TPSA) is 80.3 Å². The number of fused-ring (bicyclic) bond motifs is 3. The van der Waals surface area contributed by atoms with Crippen LogP contribution in [0.15, 0.2) is 24.4 Å². The maximum absolute atomic E-state index is 12.7. The maximum atomic E-state index is 12.7. The van der Waals surface area contributed by atoms with Crippen LogP contribution >= 0.6 is 0 Å². The number of benzene rings is 1. The summed E-state index contributed by atoms with van der Waals surface area (Å²) in [6.07, 6.45) is 6.78. The van der Waals surface area contributed by atoms with Gasteiger partial charge in [0.25, 0.3) is 0 Å². The van der Waals surface area contributed by atoms with Gasteiger partial charge in [0.1, 0.15) is 11.4 Å². The van der Waals surface area contributed by atoms with Gasteiger partial charge in [-0.25, -0.2) is 4.98 Å². The number of methoxy groups -OCH3 is 1. The van der Waals surface area contributed by atoms with Gasteiger partial charge in [-0.1, -0.05) is 0 Å². The fraction of sp³-hybridized carbons (Fsp3) is 0.607. The monoisotopic (exact) mass is 520 g/mol. The standard InChI is InChI=1S/C28H40N8O2/c1-32-13-15-35(16-14-32)20-8-11-34(12-9-20)21-6-7-23(25(17-21)38-3)30-28-29-19-24-27(31-28)36-10-4-5-22(36)18-26(37)33(24)2/h6-7,17,19-20,22H,4-5,8-16,18H2,1-3H3,(H,29,30,31). The number of piperidine rings is 1. The third kappa shape index (κ3) is 4.87. The number of nitrogens with zero attached hydrogens (tertiary/aromatic N) is 7. The van der Waals surface area contributed by atoms with Crippen LogP contribution in [0.1, 0.15) is 32.1 Å². The highest BCUT2D eigenvalue weighted by Crippen LogP contribution is 2.38. The second-order valence-electron chi connectivity index (χ2n) is 11.1. The van der Waals surface area contributed by atoms with Gasteiger partial charge in [0.2, 0.25) is 11.9 Å². The van der Waals surface area contributed by atoms with Crippen LogP contribution in [-0.2, 0) is 4.79 Å². The molecule has 0 bridgehead atoms. The fourth-order valence-electron chi connectivity index (χ4n) is 6.45. The molecule has 2 aromatic rings. The van der Waals surface area contributed by atoms with Gasteiger partial charge < -0.3 is 29.7 Å². The molecule has 1 aromatic carbocycles. The van der Waals surface area contributed by atoms with Crippen molar-refractivity contribution in [3.63, 3.8) is 0 Å². The molecule has 38 heavy (non-hydrogen) atoms. The van der Waals surface area contributed by atoms with Crippen molar-refractivity contribution < 1.29 is 9.53 Å². The number of hydrogen-bond acceptors (Lipinski definition) is 9. The van der Waals surface area contributed by atoms with Crippen molar-refractivity contribution in [2.24, 2.45) is 0 Å². The number of hydrogen-bond donors (Lipinski definition) is 1. The number of rotatable bonds is 5. The molecule has 1 amide bonds. The highest BCUT2D eigenvalue weighted by molar-refractivity contribution is 5.97. The summed E-state index contributed by atoms with van der Waals surface area (Å²) in [4.78, 5) is 33.6. The summed E-state index contributed by atoms with van der Waals surface area (Å²) >= 11 is 0. The van der Waals surface area contributed by atoms with Gasteiger partial charge in [0.15, 0.2) is 5.82 Å². The Morgan fingerprint density at radius 1 is 0.974 bits per heavy atom. The van der Waals surface area contributed by atoms with Crippen LogP contribution in [0.3, 0.4) is 0 Å². The van der Waals surface area contributed by atoms with Crippen molar-refractivity contribution in [1.82, 2.24) is 19.8 Å². The number of aromatic nitrogens is 2. The molecule has 4 aliphatic heterocycles. The molecular weight excluding hydrogens is 480 g/mol. The summed E-state index contributed by atoms with van der Waals surface area (Å²) in [5.74, 6) is 2.23. The van der Waals surface area contributed by atoms with E-state index in [9.17, 15) is 4.79 Å². The fourth-order valence-corrected chi connectivity index (χ4v) is 6.45. The van der Waals surface area contributed by atoms with Gasteiger partial charge in [-0.3, -0.25) is 9.69 Å². The van der Waals surface area contributed by atoms with E-state index in [1.807, 2.05) is 7.05 Å². The van der Waals surface area contributed by atoms with E-state index in [1.54, 1.807) is 18.2 Å². The van der Waals surface area contributed by atoms with Crippen LogP contribution in [-0.4, -0.2) is 105 Å². The smallest absolute Gasteiger partial charge is 0.229 e. The van der Waals surface area contributed by atoms with E-state index in [-0.39, 0.29) is 11.9 Å². The zero-order valence-corrected chi connectivity index (χ0v) is 22.9. The number of likely N-dealkylation sites (N-methyl/N-ethyl adjacent to an activating group) is 1. The lowest BCUT2D eigenvalue weighted by atomic mass is 10.0. The average molecular weight is 521 g/mol. The normalized spacial score (nSPS) is 23.3. The van der Waals surface area contributed by atoms with Crippen LogP contribution in [0.2, 0.25) is 0 Å².